The lowest BCUT2D eigenvalue weighted by Crippen LogP contribution is -2.02. The molecule has 0 N–H and O–H groups in total. The molecule has 2 unspecified atom stereocenters. The second-order valence-electron chi connectivity index (χ2n) is 11.8. The van der Waals surface area contributed by atoms with Gasteiger partial charge in [-0.05, 0) is 104 Å². The summed E-state index contributed by atoms with van der Waals surface area (Å²) in [6, 6.07) is 27.9. The van der Waals surface area contributed by atoms with Crippen LogP contribution in [0, 0.1) is 0 Å². The minimum absolute atomic E-state index is 0.495. The molecule has 194 valence electrons. The predicted molar refractivity (Wildman–Crippen MR) is 173 cm³/mol. The summed E-state index contributed by atoms with van der Waals surface area (Å²) in [5.74, 6) is 2.15. The second kappa shape index (κ2) is 10.1. The number of rotatable bonds is 7. The Bertz CT molecular complexity index is 1650. The fraction of sp³-hybridized carbons (Fsp3) is 0.333. The summed E-state index contributed by atoms with van der Waals surface area (Å²) in [5.41, 5.74) is 3.02. The van der Waals surface area contributed by atoms with Crippen LogP contribution in [0.5, 0.6) is 0 Å². The normalized spacial score (nSPS) is 14.0. The average Bonchev–Trinajstić information content (AvgIpc) is 3.51. The van der Waals surface area contributed by atoms with Crippen LogP contribution in [-0.2, 0) is 0 Å². The van der Waals surface area contributed by atoms with Crippen molar-refractivity contribution in [2.24, 2.45) is 0 Å². The molecule has 2 heterocycles. The van der Waals surface area contributed by atoms with Crippen molar-refractivity contribution in [3.8, 4) is 0 Å². The van der Waals surface area contributed by atoms with Crippen molar-refractivity contribution in [1.82, 2.24) is 0 Å². The highest BCUT2D eigenvalue weighted by Crippen LogP contribution is 2.43. The third-order valence-electron chi connectivity index (χ3n) is 8.37. The number of hydrogen-bond donors (Lipinski definition) is 0. The first-order chi connectivity index (χ1) is 18.3. The van der Waals surface area contributed by atoms with E-state index in [2.05, 4.69) is 114 Å². The van der Waals surface area contributed by atoms with Gasteiger partial charge in [0.1, 0.15) is 0 Å². The molecule has 38 heavy (non-hydrogen) atoms. The lowest BCUT2D eigenvalue weighted by Gasteiger charge is -2.23. The maximum Gasteiger partial charge on any atom is 0.0352 e. The van der Waals surface area contributed by atoms with Crippen molar-refractivity contribution in [3.05, 3.63) is 93.7 Å². The molecule has 2 heteroatoms. The van der Waals surface area contributed by atoms with Crippen molar-refractivity contribution >= 4 is 64.4 Å². The van der Waals surface area contributed by atoms with Crippen LogP contribution in [0.4, 0.5) is 0 Å². The van der Waals surface area contributed by atoms with E-state index in [-0.39, 0.29) is 0 Å². The van der Waals surface area contributed by atoms with Crippen molar-refractivity contribution in [2.45, 2.75) is 78.1 Å². The first kappa shape index (κ1) is 25.6. The van der Waals surface area contributed by atoms with Crippen molar-refractivity contribution in [1.29, 1.82) is 0 Å². The van der Waals surface area contributed by atoms with Crippen molar-refractivity contribution in [3.63, 3.8) is 0 Å². The summed E-state index contributed by atoms with van der Waals surface area (Å²) in [7, 11) is 0. The Balaban J connectivity index is 1.30. The summed E-state index contributed by atoms with van der Waals surface area (Å²) in [6.45, 7) is 14.1. The summed E-state index contributed by atoms with van der Waals surface area (Å²) in [6.07, 6.45) is 2.39. The number of hydrogen-bond acceptors (Lipinski definition) is 2. The van der Waals surface area contributed by atoms with E-state index in [1.165, 1.54) is 75.4 Å². The van der Waals surface area contributed by atoms with Crippen molar-refractivity contribution < 1.29 is 0 Å². The number of thiophene rings is 2. The van der Waals surface area contributed by atoms with Crippen LogP contribution in [0.1, 0.15) is 98.9 Å². The zero-order valence-electron chi connectivity index (χ0n) is 23.5. The van der Waals surface area contributed by atoms with Gasteiger partial charge in [0, 0.05) is 19.2 Å². The molecule has 0 saturated carbocycles. The zero-order chi connectivity index (χ0) is 26.6. The molecule has 0 fully saturated rings. The molecule has 0 aliphatic carbocycles. The van der Waals surface area contributed by atoms with Crippen LogP contribution >= 0.6 is 22.7 Å². The van der Waals surface area contributed by atoms with Gasteiger partial charge in [-0.25, -0.2) is 0 Å². The van der Waals surface area contributed by atoms with Gasteiger partial charge in [0.05, 0.1) is 0 Å². The van der Waals surface area contributed by atoms with E-state index in [1.807, 2.05) is 22.7 Å². The maximum absolute atomic E-state index is 2.46. The molecule has 0 nitrogen and oxygen atoms in total. The smallest absolute Gasteiger partial charge is 0.0352 e. The van der Waals surface area contributed by atoms with E-state index < -0.39 is 0 Å². The van der Waals surface area contributed by atoms with Crippen LogP contribution in [-0.4, -0.2) is 0 Å². The van der Waals surface area contributed by atoms with Crippen LogP contribution in [0.2, 0.25) is 0 Å². The Kier molecular flexibility index (Phi) is 6.82. The van der Waals surface area contributed by atoms with E-state index in [0.29, 0.717) is 23.7 Å². The summed E-state index contributed by atoms with van der Waals surface area (Å²) in [4.78, 5) is 3.01. The minimum Gasteiger partial charge on any atom is -0.140 e. The quantitative estimate of drug-likeness (QED) is 0.179. The average molecular weight is 535 g/mol. The predicted octanol–water partition coefficient (Wildman–Crippen LogP) is 12.4. The fourth-order valence-corrected chi connectivity index (χ4v) is 8.55. The second-order valence-corrected chi connectivity index (χ2v) is 14.1. The molecule has 0 spiro atoms. The molecule has 0 aliphatic rings. The Morgan fingerprint density at radius 2 is 0.947 bits per heavy atom. The molecule has 6 aromatic rings. The third kappa shape index (κ3) is 4.46. The molecule has 0 bridgehead atoms. The van der Waals surface area contributed by atoms with E-state index in [1.54, 1.807) is 0 Å². The highest BCUT2D eigenvalue weighted by Gasteiger charge is 2.20. The van der Waals surface area contributed by atoms with Crippen LogP contribution in [0.3, 0.4) is 0 Å². The molecule has 4 aromatic carbocycles. The SMILES string of the molecule is CC(C)c1cc2cc3sc(C(C)CCC(C)c4c5ccccc5c(C(C)C)c5ccccc45)cc3cc2s1. The highest BCUT2D eigenvalue weighted by atomic mass is 32.1. The standard InChI is InChI=1S/C36H38S2/c1-21(2)31-17-25-19-34-26(20-33(25)37-31)18-32(38-34)23(5)15-16-24(6)36-29-13-9-7-11-27(29)35(22(3)4)28-12-8-10-14-30(28)36/h7-14,17-24H,15-16H2,1-6H3. The topological polar surface area (TPSA) is 0 Å². The first-order valence-corrected chi connectivity index (χ1v) is 15.8. The minimum atomic E-state index is 0.495. The molecular formula is C36H38S2. The lowest BCUT2D eigenvalue weighted by molar-refractivity contribution is 0.583. The van der Waals surface area contributed by atoms with Gasteiger partial charge in [-0.3, -0.25) is 0 Å². The molecule has 0 saturated heterocycles. The third-order valence-corrected chi connectivity index (χ3v) is 11.1. The highest BCUT2D eigenvalue weighted by molar-refractivity contribution is 7.20. The Hall–Kier alpha value is -2.68. The first-order valence-electron chi connectivity index (χ1n) is 14.2. The van der Waals surface area contributed by atoms with Gasteiger partial charge in [-0.1, -0.05) is 90.1 Å². The summed E-state index contributed by atoms with van der Waals surface area (Å²) < 4.78 is 2.86. The van der Waals surface area contributed by atoms with E-state index in [9.17, 15) is 0 Å². The van der Waals surface area contributed by atoms with Gasteiger partial charge in [0.25, 0.3) is 0 Å². The van der Waals surface area contributed by atoms with E-state index >= 15 is 0 Å². The summed E-state index contributed by atoms with van der Waals surface area (Å²) >= 11 is 3.96. The molecule has 2 aromatic heterocycles. The zero-order valence-corrected chi connectivity index (χ0v) is 25.1. The Morgan fingerprint density at radius 1 is 0.500 bits per heavy atom. The van der Waals surface area contributed by atoms with Crippen LogP contribution < -0.4 is 0 Å². The monoisotopic (exact) mass is 534 g/mol. The summed E-state index contributed by atoms with van der Waals surface area (Å²) in [5, 5.41) is 8.57. The largest absolute Gasteiger partial charge is 0.140 e. The van der Waals surface area contributed by atoms with Gasteiger partial charge in [-0.2, -0.15) is 0 Å². The lowest BCUT2D eigenvalue weighted by atomic mass is 9.81. The Labute approximate surface area is 235 Å². The fourth-order valence-electron chi connectivity index (χ4n) is 6.28. The van der Waals surface area contributed by atoms with Crippen LogP contribution in [0.15, 0.2) is 72.8 Å². The molecule has 0 amide bonds. The van der Waals surface area contributed by atoms with Gasteiger partial charge in [0.2, 0.25) is 0 Å². The number of fused-ring (bicyclic) bond motifs is 4. The molecule has 6 rings (SSSR count). The molecular weight excluding hydrogens is 497 g/mol. The Morgan fingerprint density at radius 3 is 1.45 bits per heavy atom. The van der Waals surface area contributed by atoms with Gasteiger partial charge in [0.15, 0.2) is 0 Å². The number of benzene rings is 4. The van der Waals surface area contributed by atoms with Crippen LogP contribution in [0.25, 0.3) is 41.7 Å². The van der Waals surface area contributed by atoms with E-state index in [0.717, 1.165) is 0 Å². The van der Waals surface area contributed by atoms with Gasteiger partial charge < -0.3 is 0 Å². The molecule has 0 aliphatic heterocycles. The van der Waals surface area contributed by atoms with Gasteiger partial charge >= 0.3 is 0 Å². The van der Waals surface area contributed by atoms with Crippen molar-refractivity contribution in [2.75, 3.05) is 0 Å². The molecule has 0 radical (unpaired) electrons. The van der Waals surface area contributed by atoms with E-state index in [4.69, 9.17) is 0 Å². The molecule has 2 atom stereocenters. The van der Waals surface area contributed by atoms with Gasteiger partial charge in [-0.15, -0.1) is 22.7 Å². The maximum atomic E-state index is 2.46.